The van der Waals surface area contributed by atoms with Crippen molar-refractivity contribution in [1.29, 1.82) is 0 Å². The summed E-state index contributed by atoms with van der Waals surface area (Å²) in [5.74, 6) is -0.359. The van der Waals surface area contributed by atoms with Gasteiger partial charge in [-0.25, -0.2) is 0 Å². The fourth-order valence-corrected chi connectivity index (χ4v) is 1.04. The van der Waals surface area contributed by atoms with Crippen LogP contribution in [0.2, 0.25) is 0 Å². The van der Waals surface area contributed by atoms with Crippen LogP contribution in [-0.2, 0) is 14.9 Å². The Kier molecular flexibility index (Phi) is 4.64. The molecule has 0 saturated carbocycles. The Hall–Kier alpha value is -0.880. The Labute approximate surface area is 77.6 Å². The lowest BCUT2D eigenvalue weighted by Crippen LogP contribution is -2.27. The van der Waals surface area contributed by atoms with Gasteiger partial charge in [-0.2, -0.15) is 8.42 Å². The first kappa shape index (κ1) is 12.1. The summed E-state index contributed by atoms with van der Waals surface area (Å²) in [4.78, 5) is 10.6. The number of hydrogen-bond acceptors (Lipinski definition) is 3. The fourth-order valence-electron chi connectivity index (χ4n) is 0.620. The summed E-state index contributed by atoms with van der Waals surface area (Å²) < 4.78 is 29.5. The van der Waals surface area contributed by atoms with Crippen LogP contribution in [0.4, 0.5) is 0 Å². The van der Waals surface area contributed by atoms with Gasteiger partial charge in [-0.15, -0.1) is 0 Å². The second-order valence-corrected chi connectivity index (χ2v) is 4.44. The molecule has 1 unspecified atom stereocenters. The summed E-state index contributed by atoms with van der Waals surface area (Å²) >= 11 is 0. The van der Waals surface area contributed by atoms with Gasteiger partial charge in [0.25, 0.3) is 10.1 Å². The Morgan fingerprint density at radius 3 is 2.62 bits per heavy atom. The second-order valence-electron chi connectivity index (χ2n) is 2.61. The maximum atomic E-state index is 10.6. The molecule has 1 amide bonds. The average molecular weight is 207 g/mol. The minimum Gasteiger partial charge on any atom is -0.353 e. The van der Waals surface area contributed by atoms with E-state index in [9.17, 15) is 13.2 Å². The Balaban J connectivity index is 3.79. The number of amides is 1. The highest BCUT2D eigenvalue weighted by Crippen LogP contribution is 2.01. The molecule has 0 spiro atoms. The molecule has 0 aromatic rings. The van der Waals surface area contributed by atoms with Crippen LogP contribution < -0.4 is 5.32 Å². The smallest absolute Gasteiger partial charge is 0.267 e. The Morgan fingerprint density at radius 1 is 1.69 bits per heavy atom. The first-order valence-electron chi connectivity index (χ1n) is 3.74. The molecule has 0 aromatic carbocycles. The molecule has 76 valence electrons. The number of carbonyl (C=O) groups is 1. The molecule has 5 nitrogen and oxygen atoms in total. The van der Waals surface area contributed by atoms with Crippen LogP contribution in [0.25, 0.3) is 0 Å². The van der Waals surface area contributed by atoms with Crippen molar-refractivity contribution in [3.63, 3.8) is 0 Å². The summed E-state index contributed by atoms with van der Waals surface area (Å²) in [6, 6.07) is 0. The lowest BCUT2D eigenvalue weighted by Gasteiger charge is -2.07. The molecule has 0 saturated heterocycles. The molecule has 0 aliphatic carbocycles. The monoisotopic (exact) mass is 207 g/mol. The molecule has 0 aliphatic heterocycles. The van der Waals surface area contributed by atoms with E-state index >= 15 is 0 Å². The number of rotatable bonds is 5. The van der Waals surface area contributed by atoms with E-state index in [1.54, 1.807) is 0 Å². The number of nitrogens with one attached hydrogen (secondary N) is 1. The fraction of sp³-hybridized carbons (Fsp3) is 0.571. The summed E-state index contributed by atoms with van der Waals surface area (Å²) in [5.41, 5.74) is 0. The molecular weight excluding hydrogens is 194 g/mol. The quantitative estimate of drug-likeness (QED) is 0.489. The van der Waals surface area contributed by atoms with E-state index in [0.29, 0.717) is 0 Å². The predicted molar refractivity (Wildman–Crippen MR) is 48.8 cm³/mol. The van der Waals surface area contributed by atoms with Gasteiger partial charge >= 0.3 is 0 Å². The van der Waals surface area contributed by atoms with Gasteiger partial charge in [-0.3, -0.25) is 9.35 Å². The van der Waals surface area contributed by atoms with Crippen LogP contribution in [0.3, 0.4) is 0 Å². The molecule has 0 aliphatic rings. The highest BCUT2D eigenvalue weighted by atomic mass is 32.2. The lowest BCUT2D eigenvalue weighted by molar-refractivity contribution is -0.116. The van der Waals surface area contributed by atoms with Gasteiger partial charge in [0.1, 0.15) is 0 Å². The van der Waals surface area contributed by atoms with Crippen LogP contribution in [0.5, 0.6) is 0 Å². The third-order valence-electron chi connectivity index (χ3n) is 1.54. The molecule has 2 N–H and O–H groups in total. The molecule has 0 heterocycles. The van der Waals surface area contributed by atoms with Crippen molar-refractivity contribution in [2.75, 3.05) is 6.54 Å². The lowest BCUT2D eigenvalue weighted by atomic mass is 10.3. The average Bonchev–Trinajstić information content (AvgIpc) is 2.02. The third-order valence-corrected chi connectivity index (χ3v) is 2.80. The molecule has 0 rings (SSSR count). The maximum Gasteiger partial charge on any atom is 0.267 e. The first-order chi connectivity index (χ1) is 5.88. The van der Waals surface area contributed by atoms with Crippen molar-refractivity contribution in [3.8, 4) is 0 Å². The highest BCUT2D eigenvalue weighted by molar-refractivity contribution is 7.86. The normalized spacial score (nSPS) is 13.4. The molecule has 0 bridgehead atoms. The van der Waals surface area contributed by atoms with E-state index in [4.69, 9.17) is 4.55 Å². The van der Waals surface area contributed by atoms with Crippen molar-refractivity contribution in [2.24, 2.45) is 0 Å². The zero-order valence-corrected chi connectivity index (χ0v) is 8.17. The first-order valence-corrected chi connectivity index (χ1v) is 5.25. The molecular formula is C7H13NO4S. The second kappa shape index (κ2) is 4.98. The molecule has 0 aromatic heterocycles. The van der Waals surface area contributed by atoms with Gasteiger partial charge < -0.3 is 5.32 Å². The summed E-state index contributed by atoms with van der Waals surface area (Å²) in [6.45, 7) is 4.80. The zero-order chi connectivity index (χ0) is 10.5. The van der Waals surface area contributed by atoms with E-state index in [-0.39, 0.29) is 18.9 Å². The maximum absolute atomic E-state index is 10.6. The largest absolute Gasteiger partial charge is 0.353 e. The van der Waals surface area contributed by atoms with Gasteiger partial charge in [0.05, 0.1) is 5.25 Å². The molecule has 0 fully saturated rings. The standard InChI is InChI=1S/C7H13NO4S/c1-3-7(9)8-5-4-6(2)13(10,11)12/h3,6H,1,4-5H2,2H3,(H,8,9)(H,10,11,12). The zero-order valence-electron chi connectivity index (χ0n) is 7.36. The molecule has 1 atom stereocenters. The van der Waals surface area contributed by atoms with Crippen LogP contribution >= 0.6 is 0 Å². The molecule has 13 heavy (non-hydrogen) atoms. The van der Waals surface area contributed by atoms with Gasteiger partial charge in [0.2, 0.25) is 5.91 Å². The van der Waals surface area contributed by atoms with Gasteiger partial charge in [-0.1, -0.05) is 6.58 Å². The third kappa shape index (κ3) is 5.37. The van der Waals surface area contributed by atoms with Crippen molar-refractivity contribution in [1.82, 2.24) is 5.32 Å². The molecule has 0 radical (unpaired) electrons. The van der Waals surface area contributed by atoms with Crippen LogP contribution in [-0.4, -0.2) is 30.7 Å². The van der Waals surface area contributed by atoms with Crippen LogP contribution in [0.15, 0.2) is 12.7 Å². The van der Waals surface area contributed by atoms with Crippen molar-refractivity contribution < 1.29 is 17.8 Å². The van der Waals surface area contributed by atoms with E-state index in [1.807, 2.05) is 0 Å². The number of hydrogen-bond donors (Lipinski definition) is 2. The van der Waals surface area contributed by atoms with Gasteiger partial charge in [0, 0.05) is 6.54 Å². The summed E-state index contributed by atoms with van der Waals surface area (Å²) in [6.07, 6.45) is 1.27. The van der Waals surface area contributed by atoms with E-state index < -0.39 is 15.4 Å². The van der Waals surface area contributed by atoms with Crippen LogP contribution in [0.1, 0.15) is 13.3 Å². The van der Waals surface area contributed by atoms with Gasteiger partial charge in [0.15, 0.2) is 0 Å². The van der Waals surface area contributed by atoms with E-state index in [1.165, 1.54) is 6.92 Å². The minimum absolute atomic E-state index is 0.179. The Bertz CT molecular complexity index is 283. The Morgan fingerprint density at radius 2 is 2.23 bits per heavy atom. The SMILES string of the molecule is C=CC(=O)NCCC(C)S(=O)(=O)O. The van der Waals surface area contributed by atoms with Crippen molar-refractivity contribution in [3.05, 3.63) is 12.7 Å². The minimum atomic E-state index is -3.98. The molecule has 6 heteroatoms. The van der Waals surface area contributed by atoms with Crippen molar-refractivity contribution in [2.45, 2.75) is 18.6 Å². The van der Waals surface area contributed by atoms with Crippen LogP contribution in [0, 0.1) is 0 Å². The number of carbonyl (C=O) groups excluding carboxylic acids is 1. The summed E-state index contributed by atoms with van der Waals surface area (Å²) in [5, 5.41) is 1.54. The highest BCUT2D eigenvalue weighted by Gasteiger charge is 2.16. The van der Waals surface area contributed by atoms with E-state index in [2.05, 4.69) is 11.9 Å². The van der Waals surface area contributed by atoms with Crippen molar-refractivity contribution >= 4 is 16.0 Å². The topological polar surface area (TPSA) is 83.5 Å². The van der Waals surface area contributed by atoms with Gasteiger partial charge in [-0.05, 0) is 19.4 Å². The summed E-state index contributed by atoms with van der Waals surface area (Å²) in [7, 11) is -3.98. The predicted octanol–water partition coefficient (Wildman–Crippen LogP) is -0.0450. The van der Waals surface area contributed by atoms with E-state index in [0.717, 1.165) is 6.08 Å².